The molecule has 5 nitrogen and oxygen atoms in total. The number of benzene rings is 2. The smallest absolute Gasteiger partial charge is 0.317 e. The number of nitrogens with one attached hydrogen (secondary N) is 1. The number of urea groups is 1. The molecule has 1 N–H and O–H groups in total. The number of hydrogen-bond acceptors (Lipinski definition) is 3. The van der Waals surface area contributed by atoms with Crippen LogP contribution >= 0.6 is 0 Å². The van der Waals surface area contributed by atoms with E-state index >= 15 is 0 Å². The maximum Gasteiger partial charge on any atom is 0.317 e. The van der Waals surface area contributed by atoms with Crippen LogP contribution in [0.1, 0.15) is 5.56 Å². The first-order chi connectivity index (χ1) is 12.4. The van der Waals surface area contributed by atoms with E-state index in [1.54, 1.807) is 13.1 Å². The van der Waals surface area contributed by atoms with E-state index in [4.69, 9.17) is 9.47 Å². The van der Waals surface area contributed by atoms with E-state index in [1.165, 1.54) is 30.2 Å². The second-order valence-electron chi connectivity index (χ2n) is 5.48. The molecule has 2 aromatic carbocycles. The van der Waals surface area contributed by atoms with Gasteiger partial charge in [0.2, 0.25) is 0 Å². The Morgan fingerprint density at radius 1 is 1.08 bits per heavy atom. The van der Waals surface area contributed by atoms with Crippen molar-refractivity contribution in [3.8, 4) is 11.5 Å². The van der Waals surface area contributed by atoms with Crippen LogP contribution in [-0.2, 0) is 6.54 Å². The molecule has 26 heavy (non-hydrogen) atoms. The quantitative estimate of drug-likeness (QED) is 0.763. The highest BCUT2D eigenvalue weighted by atomic mass is 19.2. The summed E-state index contributed by atoms with van der Waals surface area (Å²) in [5, 5.41) is 2.61. The van der Waals surface area contributed by atoms with Crippen molar-refractivity contribution in [2.75, 3.05) is 27.3 Å². The molecule has 140 valence electrons. The molecular weight excluding hydrogens is 349 g/mol. The van der Waals surface area contributed by atoms with Gasteiger partial charge >= 0.3 is 6.03 Å². The topological polar surface area (TPSA) is 50.8 Å². The minimum Gasteiger partial charge on any atom is -0.494 e. The average molecular weight is 368 g/mol. The van der Waals surface area contributed by atoms with Crippen molar-refractivity contribution in [1.29, 1.82) is 0 Å². The van der Waals surface area contributed by atoms with Crippen LogP contribution in [0, 0.1) is 17.5 Å². The summed E-state index contributed by atoms with van der Waals surface area (Å²) in [5.74, 6) is -2.16. The standard InChI is InChI=1S/C18H19F3N2O3/c1-23(11-12-3-6-17(25-2)16(21)9-12)18(24)22-7-8-26-13-4-5-14(19)15(20)10-13/h3-6,9-10H,7-8,11H2,1-2H3,(H,22,24). The first-order valence-corrected chi connectivity index (χ1v) is 7.80. The molecule has 2 amide bonds. The van der Waals surface area contributed by atoms with E-state index in [-0.39, 0.29) is 37.2 Å². The zero-order valence-corrected chi connectivity index (χ0v) is 14.4. The molecule has 2 aromatic rings. The van der Waals surface area contributed by atoms with Crippen LogP contribution in [0.4, 0.5) is 18.0 Å². The molecule has 2 rings (SSSR count). The van der Waals surface area contributed by atoms with E-state index < -0.39 is 17.5 Å². The highest BCUT2D eigenvalue weighted by Gasteiger charge is 2.11. The number of nitrogens with zero attached hydrogens (tertiary/aromatic N) is 1. The molecule has 0 bridgehead atoms. The van der Waals surface area contributed by atoms with E-state index in [0.717, 1.165) is 12.1 Å². The zero-order valence-electron chi connectivity index (χ0n) is 14.4. The van der Waals surface area contributed by atoms with Gasteiger partial charge in [-0.25, -0.2) is 18.0 Å². The maximum atomic E-state index is 13.7. The van der Waals surface area contributed by atoms with Crippen LogP contribution < -0.4 is 14.8 Å². The number of methoxy groups -OCH3 is 1. The van der Waals surface area contributed by atoms with Crippen molar-refractivity contribution in [3.63, 3.8) is 0 Å². The first-order valence-electron chi connectivity index (χ1n) is 7.80. The van der Waals surface area contributed by atoms with Gasteiger partial charge in [-0.1, -0.05) is 6.07 Å². The van der Waals surface area contributed by atoms with Crippen LogP contribution in [0.5, 0.6) is 11.5 Å². The lowest BCUT2D eigenvalue weighted by Gasteiger charge is -2.18. The fourth-order valence-corrected chi connectivity index (χ4v) is 2.18. The van der Waals surface area contributed by atoms with Crippen molar-refractivity contribution >= 4 is 6.03 Å². The minimum atomic E-state index is -1.00. The van der Waals surface area contributed by atoms with Crippen LogP contribution in [0.3, 0.4) is 0 Å². The van der Waals surface area contributed by atoms with Gasteiger partial charge in [0.1, 0.15) is 12.4 Å². The molecule has 0 unspecified atom stereocenters. The summed E-state index contributed by atoms with van der Waals surface area (Å²) >= 11 is 0. The molecule has 0 atom stereocenters. The second-order valence-corrected chi connectivity index (χ2v) is 5.48. The molecule has 0 saturated heterocycles. The van der Waals surface area contributed by atoms with Gasteiger partial charge in [0.25, 0.3) is 0 Å². The average Bonchev–Trinajstić information content (AvgIpc) is 2.61. The number of rotatable bonds is 7. The predicted octanol–water partition coefficient (Wildman–Crippen LogP) is 3.33. The van der Waals surface area contributed by atoms with Gasteiger partial charge in [-0.2, -0.15) is 0 Å². The Morgan fingerprint density at radius 2 is 1.85 bits per heavy atom. The summed E-state index contributed by atoms with van der Waals surface area (Å²) in [6, 6.07) is 7.27. The summed E-state index contributed by atoms with van der Waals surface area (Å²) in [5.41, 5.74) is 0.610. The summed E-state index contributed by atoms with van der Waals surface area (Å²) < 4.78 is 49.6. The fraction of sp³-hybridized carbons (Fsp3) is 0.278. The van der Waals surface area contributed by atoms with E-state index in [2.05, 4.69) is 5.32 Å². The molecule has 0 heterocycles. The highest BCUT2D eigenvalue weighted by molar-refractivity contribution is 5.73. The summed E-state index contributed by atoms with van der Waals surface area (Å²) in [6.07, 6.45) is 0. The molecule has 0 aliphatic heterocycles. The number of hydrogen-bond donors (Lipinski definition) is 1. The van der Waals surface area contributed by atoms with Crippen LogP contribution in [0.25, 0.3) is 0 Å². The largest absolute Gasteiger partial charge is 0.494 e. The SMILES string of the molecule is COc1ccc(CN(C)C(=O)NCCOc2ccc(F)c(F)c2)cc1F. The number of ether oxygens (including phenoxy) is 2. The molecular formula is C18H19F3N2O3. The molecule has 0 radical (unpaired) electrons. The van der Waals surface area contributed by atoms with Crippen molar-refractivity contribution in [3.05, 3.63) is 59.4 Å². The third-order valence-corrected chi connectivity index (χ3v) is 3.52. The fourth-order valence-electron chi connectivity index (χ4n) is 2.18. The Kier molecular flexibility index (Phi) is 6.71. The summed E-state index contributed by atoms with van der Waals surface area (Å²) in [7, 11) is 2.94. The van der Waals surface area contributed by atoms with Gasteiger partial charge in [-0.05, 0) is 29.8 Å². The lowest BCUT2D eigenvalue weighted by atomic mass is 10.2. The third-order valence-electron chi connectivity index (χ3n) is 3.52. The lowest BCUT2D eigenvalue weighted by Crippen LogP contribution is -2.38. The highest BCUT2D eigenvalue weighted by Crippen LogP contribution is 2.18. The minimum absolute atomic E-state index is 0.0851. The van der Waals surface area contributed by atoms with Gasteiger partial charge in [-0.15, -0.1) is 0 Å². The van der Waals surface area contributed by atoms with Gasteiger partial charge in [0, 0.05) is 19.7 Å². The monoisotopic (exact) mass is 368 g/mol. The second kappa shape index (κ2) is 8.98. The molecule has 0 aromatic heterocycles. The van der Waals surface area contributed by atoms with Crippen LogP contribution in [0.2, 0.25) is 0 Å². The van der Waals surface area contributed by atoms with Gasteiger partial charge in [-0.3, -0.25) is 0 Å². The van der Waals surface area contributed by atoms with E-state index in [1.807, 2.05) is 0 Å². The Morgan fingerprint density at radius 3 is 2.50 bits per heavy atom. The molecule has 0 aliphatic carbocycles. The molecule has 0 spiro atoms. The maximum absolute atomic E-state index is 13.7. The molecule has 8 heteroatoms. The van der Waals surface area contributed by atoms with Crippen molar-refractivity contribution in [2.45, 2.75) is 6.54 Å². The van der Waals surface area contributed by atoms with Crippen LogP contribution in [-0.4, -0.2) is 38.2 Å². The Hall–Kier alpha value is -2.90. The van der Waals surface area contributed by atoms with Crippen molar-refractivity contribution in [1.82, 2.24) is 10.2 Å². The number of carbonyl (C=O) groups excluding carboxylic acids is 1. The third kappa shape index (κ3) is 5.30. The van der Waals surface area contributed by atoms with E-state index in [0.29, 0.717) is 5.56 Å². The Bertz CT molecular complexity index is 771. The van der Waals surface area contributed by atoms with E-state index in [9.17, 15) is 18.0 Å². The van der Waals surface area contributed by atoms with Gasteiger partial charge < -0.3 is 19.7 Å². The Balaban J connectivity index is 1.76. The molecule has 0 fully saturated rings. The predicted molar refractivity (Wildman–Crippen MR) is 89.7 cm³/mol. The number of amides is 2. The van der Waals surface area contributed by atoms with Gasteiger partial charge in [0.15, 0.2) is 23.2 Å². The van der Waals surface area contributed by atoms with Crippen molar-refractivity contribution in [2.24, 2.45) is 0 Å². The zero-order chi connectivity index (χ0) is 19.1. The normalized spacial score (nSPS) is 10.3. The molecule has 0 aliphatic rings. The summed E-state index contributed by atoms with van der Waals surface area (Å²) in [6.45, 7) is 0.456. The first kappa shape index (κ1) is 19.4. The van der Waals surface area contributed by atoms with Gasteiger partial charge in [0.05, 0.1) is 13.7 Å². The lowest BCUT2D eigenvalue weighted by molar-refractivity contribution is 0.203. The van der Waals surface area contributed by atoms with Crippen molar-refractivity contribution < 1.29 is 27.4 Å². The summed E-state index contributed by atoms with van der Waals surface area (Å²) in [4.78, 5) is 13.4. The number of carbonyl (C=O) groups is 1. The van der Waals surface area contributed by atoms with Crippen LogP contribution in [0.15, 0.2) is 36.4 Å². The Labute approximate surface area is 149 Å². The number of halogens is 3. The molecule has 0 saturated carbocycles.